The summed E-state index contributed by atoms with van der Waals surface area (Å²) >= 11 is 0. The van der Waals surface area contributed by atoms with Crippen molar-refractivity contribution in [3.05, 3.63) is 59.3 Å². The van der Waals surface area contributed by atoms with Gasteiger partial charge in [0, 0.05) is 42.2 Å². The summed E-state index contributed by atoms with van der Waals surface area (Å²) in [7, 11) is 0. The molecule has 0 aliphatic carbocycles. The molecule has 1 aliphatic rings. The van der Waals surface area contributed by atoms with Gasteiger partial charge in [-0.2, -0.15) is 18.4 Å². The first kappa shape index (κ1) is 29.8. The van der Waals surface area contributed by atoms with Crippen molar-refractivity contribution in [1.82, 2.24) is 34.3 Å². The molecule has 0 saturated carbocycles. The number of rotatable bonds is 5. The quantitative estimate of drug-likeness (QED) is 0.294. The maximum atomic E-state index is 13.3. The number of pyridine rings is 2. The van der Waals surface area contributed by atoms with E-state index in [4.69, 9.17) is 4.74 Å². The van der Waals surface area contributed by atoms with Gasteiger partial charge in [-0.1, -0.05) is 26.0 Å². The van der Waals surface area contributed by atoms with Crippen LogP contribution in [0.2, 0.25) is 0 Å². The maximum absolute atomic E-state index is 13.3. The molecule has 0 bridgehead atoms. The molecule has 1 N–H and O–H groups in total. The second-order valence-corrected chi connectivity index (χ2v) is 11.8. The molecule has 5 heterocycles. The lowest BCUT2D eigenvalue weighted by Crippen LogP contribution is -2.52. The number of carbonyl (C=O) groups is 1. The van der Waals surface area contributed by atoms with Gasteiger partial charge in [-0.05, 0) is 44.2 Å². The highest BCUT2D eigenvalue weighted by atomic mass is 19.4. The fraction of sp³-hybridized carbons (Fsp3) is 0.448. The lowest BCUT2D eigenvalue weighted by atomic mass is 9.79. The number of aromatic nitrogens is 6. The van der Waals surface area contributed by atoms with Crippen LogP contribution in [0.5, 0.6) is 5.88 Å². The summed E-state index contributed by atoms with van der Waals surface area (Å²) in [6.45, 7) is 9.89. The van der Waals surface area contributed by atoms with Crippen LogP contribution in [0.1, 0.15) is 75.2 Å². The Kier molecular flexibility index (Phi) is 7.53. The van der Waals surface area contributed by atoms with Gasteiger partial charge < -0.3 is 14.7 Å². The summed E-state index contributed by atoms with van der Waals surface area (Å²) in [5.41, 5.74) is 1.47. The van der Waals surface area contributed by atoms with Gasteiger partial charge in [0.2, 0.25) is 5.88 Å². The van der Waals surface area contributed by atoms with Gasteiger partial charge in [-0.25, -0.2) is 14.5 Å². The minimum atomic E-state index is -4.56. The number of piperidine rings is 1. The molecule has 0 radical (unpaired) electrons. The minimum absolute atomic E-state index is 0.0782. The Balaban J connectivity index is 1.51. The number of amides is 1. The number of hydrogen-bond donors (Lipinski definition) is 1. The van der Waals surface area contributed by atoms with E-state index in [1.54, 1.807) is 19.1 Å². The monoisotopic (exact) mass is 596 g/mol. The molecule has 0 spiro atoms. The Morgan fingerprint density at radius 1 is 1.19 bits per heavy atom. The zero-order chi connectivity index (χ0) is 31.3. The Labute approximate surface area is 245 Å². The Bertz CT molecular complexity index is 1720. The van der Waals surface area contributed by atoms with Gasteiger partial charge in [0.25, 0.3) is 0 Å². The van der Waals surface area contributed by atoms with Crippen LogP contribution in [-0.2, 0) is 6.18 Å². The molecule has 4 aromatic heterocycles. The second kappa shape index (κ2) is 10.9. The topological polar surface area (TPSA) is 134 Å². The Morgan fingerprint density at radius 3 is 2.58 bits per heavy atom. The third kappa shape index (κ3) is 5.71. The summed E-state index contributed by atoms with van der Waals surface area (Å²) in [6, 6.07) is 6.13. The molecule has 11 nitrogen and oxygen atoms in total. The number of nitrogens with zero attached hydrogens (tertiary/aromatic N) is 8. The first-order valence-electron chi connectivity index (χ1n) is 13.7. The minimum Gasteiger partial charge on any atom is -0.471 e. The third-order valence-corrected chi connectivity index (χ3v) is 7.91. The second-order valence-electron chi connectivity index (χ2n) is 11.8. The summed E-state index contributed by atoms with van der Waals surface area (Å²) < 4.78 is 49.3. The van der Waals surface area contributed by atoms with Crippen molar-refractivity contribution in [2.45, 2.75) is 71.8 Å². The molecule has 14 heteroatoms. The van der Waals surface area contributed by atoms with E-state index in [2.05, 4.69) is 26.3 Å². The predicted octanol–water partition coefficient (Wildman–Crippen LogP) is 6.06. The van der Waals surface area contributed by atoms with Crippen molar-refractivity contribution >= 4 is 11.7 Å². The number of nitriles is 1. The molecule has 0 aromatic carbocycles. The van der Waals surface area contributed by atoms with E-state index in [-0.39, 0.29) is 34.6 Å². The van der Waals surface area contributed by atoms with Gasteiger partial charge in [-0.15, -0.1) is 5.10 Å². The molecule has 43 heavy (non-hydrogen) atoms. The molecule has 3 atom stereocenters. The highest BCUT2D eigenvalue weighted by molar-refractivity contribution is 5.69. The molecule has 3 unspecified atom stereocenters. The SMILES string of the molecule is Cc1c(-c2cc(OC(C)c3cncc(C(F)(F)F)c3)n3c(C#N)cnc3c2)nnn1C1CCN(C(=O)O)C(C(C)(C)C)C1. The van der Waals surface area contributed by atoms with E-state index in [1.165, 1.54) is 21.7 Å². The molecule has 1 saturated heterocycles. The first-order valence-corrected chi connectivity index (χ1v) is 13.7. The number of alkyl halides is 3. The van der Waals surface area contributed by atoms with Crippen LogP contribution in [0.25, 0.3) is 16.9 Å². The molecule has 1 fully saturated rings. The highest BCUT2D eigenvalue weighted by Crippen LogP contribution is 2.38. The number of carboxylic acid groups (broad SMARTS) is 1. The van der Waals surface area contributed by atoms with Crippen LogP contribution >= 0.6 is 0 Å². The van der Waals surface area contributed by atoms with Crippen molar-refractivity contribution in [2.24, 2.45) is 5.41 Å². The smallest absolute Gasteiger partial charge is 0.417 e. The normalized spacial score (nSPS) is 18.4. The molecule has 4 aromatic rings. The standard InChI is InChI=1S/C29H31F3N8O3/c1-16-26(36-37-40(16)21-6-7-38(27(41)42)23(11-21)28(3,4)5)18-9-24-35-15-22(12-33)39(24)25(10-18)43-17(2)19-8-20(14-34-13-19)29(30,31)32/h8-10,13-15,17,21,23H,6-7,11H2,1-5H3,(H,41,42). The van der Waals surface area contributed by atoms with Crippen molar-refractivity contribution in [3.63, 3.8) is 0 Å². The van der Waals surface area contributed by atoms with E-state index in [0.717, 1.165) is 18.0 Å². The van der Waals surface area contributed by atoms with Gasteiger partial charge in [0.05, 0.1) is 23.5 Å². The van der Waals surface area contributed by atoms with Crippen LogP contribution < -0.4 is 4.74 Å². The summed E-state index contributed by atoms with van der Waals surface area (Å²) in [4.78, 5) is 21.5. The van der Waals surface area contributed by atoms with E-state index in [0.29, 0.717) is 36.3 Å². The first-order chi connectivity index (χ1) is 20.2. The zero-order valence-electron chi connectivity index (χ0n) is 24.3. The molecule has 1 aliphatic heterocycles. The van der Waals surface area contributed by atoms with E-state index in [1.807, 2.05) is 32.4 Å². The van der Waals surface area contributed by atoms with Crippen LogP contribution in [0.4, 0.5) is 18.0 Å². The summed E-state index contributed by atoms with van der Waals surface area (Å²) in [5.74, 6) is 0.183. The number of imidazole rings is 1. The van der Waals surface area contributed by atoms with Crippen LogP contribution in [-0.4, -0.2) is 58.0 Å². The average molecular weight is 597 g/mol. The lowest BCUT2D eigenvalue weighted by Gasteiger charge is -2.44. The summed E-state index contributed by atoms with van der Waals surface area (Å²) in [5, 5.41) is 28.3. The molecular weight excluding hydrogens is 565 g/mol. The number of likely N-dealkylation sites (tertiary alicyclic amines) is 1. The van der Waals surface area contributed by atoms with E-state index in [9.17, 15) is 28.3 Å². The van der Waals surface area contributed by atoms with Gasteiger partial charge in [-0.3, -0.25) is 9.38 Å². The highest BCUT2D eigenvalue weighted by Gasteiger charge is 2.40. The summed E-state index contributed by atoms with van der Waals surface area (Å²) in [6.07, 6.45) is -1.78. The maximum Gasteiger partial charge on any atom is 0.417 e. The van der Waals surface area contributed by atoms with Crippen LogP contribution in [0.15, 0.2) is 36.8 Å². The molecule has 5 rings (SSSR count). The van der Waals surface area contributed by atoms with Crippen molar-refractivity contribution in [1.29, 1.82) is 5.26 Å². The zero-order valence-corrected chi connectivity index (χ0v) is 24.3. The number of fused-ring (bicyclic) bond motifs is 1. The fourth-order valence-corrected chi connectivity index (χ4v) is 5.64. The number of halogens is 3. The van der Waals surface area contributed by atoms with Crippen LogP contribution in [0.3, 0.4) is 0 Å². The number of ether oxygens (including phenoxy) is 1. The predicted molar refractivity (Wildman–Crippen MR) is 148 cm³/mol. The fourth-order valence-electron chi connectivity index (χ4n) is 5.64. The largest absolute Gasteiger partial charge is 0.471 e. The van der Waals surface area contributed by atoms with Crippen molar-refractivity contribution in [3.8, 4) is 23.2 Å². The third-order valence-electron chi connectivity index (χ3n) is 7.91. The van der Waals surface area contributed by atoms with Crippen molar-refractivity contribution in [2.75, 3.05) is 6.54 Å². The van der Waals surface area contributed by atoms with Gasteiger partial charge in [0.1, 0.15) is 29.2 Å². The van der Waals surface area contributed by atoms with E-state index >= 15 is 0 Å². The average Bonchev–Trinajstić information content (AvgIpc) is 3.55. The van der Waals surface area contributed by atoms with Crippen molar-refractivity contribution < 1.29 is 27.8 Å². The Hall–Kier alpha value is -4.67. The molecular formula is C29H31F3N8O3. The molecule has 1 amide bonds. The molecule has 226 valence electrons. The van der Waals surface area contributed by atoms with E-state index < -0.39 is 23.9 Å². The Morgan fingerprint density at radius 2 is 1.93 bits per heavy atom. The van der Waals surface area contributed by atoms with Gasteiger partial charge >= 0.3 is 12.3 Å². The van der Waals surface area contributed by atoms with Gasteiger partial charge in [0.15, 0.2) is 0 Å². The lowest BCUT2D eigenvalue weighted by molar-refractivity contribution is -0.137. The number of hydrogen-bond acceptors (Lipinski definition) is 7. The van der Waals surface area contributed by atoms with Crippen LogP contribution in [0, 0.1) is 23.7 Å².